The normalized spacial score (nSPS) is 10.5. The molecule has 2 N–H and O–H groups in total. The van der Waals surface area contributed by atoms with Crippen molar-refractivity contribution >= 4 is 61.1 Å². The molecule has 1 heterocycles. The van der Waals surface area contributed by atoms with Gasteiger partial charge in [-0.25, -0.2) is 4.98 Å². The van der Waals surface area contributed by atoms with E-state index in [0.29, 0.717) is 22.0 Å². The fourth-order valence-corrected chi connectivity index (χ4v) is 3.74. The second kappa shape index (κ2) is 7.79. The zero-order valence-corrected chi connectivity index (χ0v) is 16.2. The number of nitrogens with zero attached hydrogens (tertiary/aromatic N) is 1. The highest BCUT2D eigenvalue weighted by Gasteiger charge is 2.13. The Hall–Kier alpha value is -2.20. The molecule has 0 radical (unpaired) electrons. The molecule has 0 unspecified atom stereocenters. The minimum atomic E-state index is -0.336. The third-order valence-corrected chi connectivity index (χ3v) is 5.25. The van der Waals surface area contributed by atoms with Crippen molar-refractivity contribution in [2.45, 2.75) is 0 Å². The summed E-state index contributed by atoms with van der Waals surface area (Å²) in [6.45, 7) is -0.128. The van der Waals surface area contributed by atoms with Crippen LogP contribution in [-0.4, -0.2) is 30.5 Å². The van der Waals surface area contributed by atoms with Crippen molar-refractivity contribution in [1.29, 1.82) is 0 Å². The molecule has 2 amide bonds. The molecule has 128 valence electrons. The molecule has 6 nitrogen and oxygen atoms in total. The van der Waals surface area contributed by atoms with Crippen molar-refractivity contribution in [2.24, 2.45) is 0 Å². The van der Waals surface area contributed by atoms with E-state index in [2.05, 4.69) is 38.2 Å². The van der Waals surface area contributed by atoms with Gasteiger partial charge in [0.2, 0.25) is 5.91 Å². The number of hydrogen-bond donors (Lipinski definition) is 2. The van der Waals surface area contributed by atoms with Gasteiger partial charge in [-0.3, -0.25) is 9.59 Å². The van der Waals surface area contributed by atoms with E-state index in [0.717, 1.165) is 8.27 Å². The zero-order valence-electron chi connectivity index (χ0n) is 13.2. The van der Waals surface area contributed by atoms with Gasteiger partial charge in [-0.15, -0.1) is 0 Å². The molecule has 0 aliphatic rings. The Morgan fingerprint density at radius 3 is 2.76 bits per heavy atom. The van der Waals surface area contributed by atoms with E-state index in [1.54, 1.807) is 19.2 Å². The number of para-hydroxylation sites is 1. The number of benzene rings is 2. The summed E-state index contributed by atoms with van der Waals surface area (Å²) in [6, 6.07) is 12.8. The van der Waals surface area contributed by atoms with Gasteiger partial charge in [0.25, 0.3) is 5.91 Å². The molecule has 0 bridgehead atoms. The van der Waals surface area contributed by atoms with E-state index in [1.807, 2.05) is 30.3 Å². The molecule has 3 aromatic rings. The summed E-state index contributed by atoms with van der Waals surface area (Å²) in [4.78, 5) is 28.6. The number of carbonyl (C=O) groups excluding carboxylic acids is 2. The SMILES string of the molecule is COc1cccc2sc(NC(=O)CNC(=O)c3ccccc3I)nc12. The summed E-state index contributed by atoms with van der Waals surface area (Å²) in [6.07, 6.45) is 0. The first-order valence-corrected chi connectivity index (χ1v) is 9.24. The number of hydrogen-bond acceptors (Lipinski definition) is 5. The third kappa shape index (κ3) is 4.07. The van der Waals surface area contributed by atoms with Crippen molar-refractivity contribution in [3.8, 4) is 5.75 Å². The predicted octanol–water partition coefficient (Wildman–Crippen LogP) is 3.28. The first-order valence-electron chi connectivity index (χ1n) is 7.34. The number of ether oxygens (including phenoxy) is 1. The molecule has 3 rings (SSSR count). The number of methoxy groups -OCH3 is 1. The van der Waals surface area contributed by atoms with Crippen LogP contribution in [0.5, 0.6) is 5.75 Å². The van der Waals surface area contributed by atoms with Gasteiger partial charge in [0, 0.05) is 3.57 Å². The molecule has 0 atom stereocenters. The van der Waals surface area contributed by atoms with Crippen LogP contribution in [0, 0.1) is 3.57 Å². The van der Waals surface area contributed by atoms with Crippen molar-refractivity contribution in [1.82, 2.24) is 10.3 Å². The van der Waals surface area contributed by atoms with Gasteiger partial charge < -0.3 is 15.4 Å². The minimum Gasteiger partial charge on any atom is -0.494 e. The molecular formula is C17H14IN3O3S. The lowest BCUT2D eigenvalue weighted by atomic mass is 10.2. The fourth-order valence-electron chi connectivity index (χ4n) is 2.21. The third-order valence-electron chi connectivity index (χ3n) is 3.38. The highest BCUT2D eigenvalue weighted by molar-refractivity contribution is 14.1. The smallest absolute Gasteiger partial charge is 0.252 e. The summed E-state index contributed by atoms with van der Waals surface area (Å²) >= 11 is 3.44. The maximum Gasteiger partial charge on any atom is 0.252 e. The second-order valence-corrected chi connectivity index (χ2v) is 7.23. The number of fused-ring (bicyclic) bond motifs is 1. The van der Waals surface area contributed by atoms with Gasteiger partial charge in [0.05, 0.1) is 23.9 Å². The van der Waals surface area contributed by atoms with Crippen molar-refractivity contribution in [3.63, 3.8) is 0 Å². The molecule has 1 aromatic heterocycles. The maximum absolute atomic E-state index is 12.1. The van der Waals surface area contributed by atoms with Crippen LogP contribution in [0.15, 0.2) is 42.5 Å². The van der Waals surface area contributed by atoms with E-state index in [4.69, 9.17) is 4.74 Å². The topological polar surface area (TPSA) is 80.3 Å². The molecule has 8 heteroatoms. The molecule has 0 spiro atoms. The van der Waals surface area contributed by atoms with Crippen molar-refractivity contribution in [3.05, 3.63) is 51.6 Å². The Labute approximate surface area is 161 Å². The summed E-state index contributed by atoms with van der Waals surface area (Å²) in [7, 11) is 1.58. The van der Waals surface area contributed by atoms with Crippen LogP contribution in [-0.2, 0) is 4.79 Å². The van der Waals surface area contributed by atoms with Crippen molar-refractivity contribution in [2.75, 3.05) is 19.0 Å². The van der Waals surface area contributed by atoms with E-state index in [1.165, 1.54) is 11.3 Å². The van der Waals surface area contributed by atoms with Gasteiger partial charge >= 0.3 is 0 Å². The number of aromatic nitrogens is 1. The molecule has 25 heavy (non-hydrogen) atoms. The van der Waals surface area contributed by atoms with Crippen LogP contribution in [0.25, 0.3) is 10.2 Å². The first-order chi connectivity index (χ1) is 12.1. The molecule has 0 saturated heterocycles. The van der Waals surface area contributed by atoms with E-state index >= 15 is 0 Å². The number of anilines is 1. The Balaban J connectivity index is 1.63. The highest BCUT2D eigenvalue weighted by atomic mass is 127. The van der Waals surface area contributed by atoms with Gasteiger partial charge in [0.15, 0.2) is 5.13 Å². The molecule has 0 fully saturated rings. The van der Waals surface area contributed by atoms with Gasteiger partial charge in [-0.1, -0.05) is 29.5 Å². The number of thiazole rings is 1. The largest absolute Gasteiger partial charge is 0.494 e. The van der Waals surface area contributed by atoms with Gasteiger partial charge in [-0.2, -0.15) is 0 Å². The Morgan fingerprint density at radius 1 is 1.20 bits per heavy atom. The maximum atomic E-state index is 12.1. The predicted molar refractivity (Wildman–Crippen MR) is 106 cm³/mol. The van der Waals surface area contributed by atoms with Crippen LogP contribution >= 0.6 is 33.9 Å². The molecule has 0 aliphatic carbocycles. The average molecular weight is 467 g/mol. The molecule has 0 saturated carbocycles. The standard InChI is InChI=1S/C17H14IN3O3S/c1-24-12-7-4-8-13-15(12)21-17(25-13)20-14(22)9-19-16(23)10-5-2-3-6-11(10)18/h2-8H,9H2,1H3,(H,19,23)(H,20,21,22). The lowest BCUT2D eigenvalue weighted by molar-refractivity contribution is -0.115. The average Bonchev–Trinajstić information content (AvgIpc) is 3.02. The monoisotopic (exact) mass is 467 g/mol. The second-order valence-electron chi connectivity index (χ2n) is 5.04. The lowest BCUT2D eigenvalue weighted by Crippen LogP contribution is -2.33. The highest BCUT2D eigenvalue weighted by Crippen LogP contribution is 2.31. The number of halogens is 1. The van der Waals surface area contributed by atoms with E-state index in [9.17, 15) is 9.59 Å². The summed E-state index contributed by atoms with van der Waals surface area (Å²) in [5.41, 5.74) is 1.24. The quantitative estimate of drug-likeness (QED) is 0.565. The van der Waals surface area contributed by atoms with Crippen LogP contribution in [0.4, 0.5) is 5.13 Å². The fraction of sp³-hybridized carbons (Fsp3) is 0.118. The van der Waals surface area contributed by atoms with E-state index < -0.39 is 0 Å². The molecular weight excluding hydrogens is 453 g/mol. The minimum absolute atomic E-state index is 0.128. The molecule has 2 aromatic carbocycles. The Morgan fingerprint density at radius 2 is 2.00 bits per heavy atom. The number of carbonyl (C=O) groups is 2. The van der Waals surface area contributed by atoms with E-state index in [-0.39, 0.29) is 18.4 Å². The zero-order chi connectivity index (χ0) is 17.8. The van der Waals surface area contributed by atoms with Crippen molar-refractivity contribution < 1.29 is 14.3 Å². The Kier molecular flexibility index (Phi) is 5.49. The number of nitrogens with one attached hydrogen (secondary N) is 2. The van der Waals surface area contributed by atoms with Crippen LogP contribution in [0.3, 0.4) is 0 Å². The number of rotatable bonds is 5. The van der Waals surface area contributed by atoms with Gasteiger partial charge in [-0.05, 0) is 46.9 Å². The summed E-state index contributed by atoms with van der Waals surface area (Å²) in [5.74, 6) is 0.0321. The Bertz CT molecular complexity index is 942. The lowest BCUT2D eigenvalue weighted by Gasteiger charge is -2.06. The first kappa shape index (κ1) is 17.6. The van der Waals surface area contributed by atoms with Crippen LogP contribution < -0.4 is 15.4 Å². The summed E-state index contributed by atoms with van der Waals surface area (Å²) < 4.78 is 7.00. The van der Waals surface area contributed by atoms with Gasteiger partial charge in [0.1, 0.15) is 11.3 Å². The molecule has 0 aliphatic heterocycles. The number of amides is 2. The van der Waals surface area contributed by atoms with Crippen LogP contribution in [0.1, 0.15) is 10.4 Å². The summed E-state index contributed by atoms with van der Waals surface area (Å²) in [5, 5.41) is 5.78. The van der Waals surface area contributed by atoms with Crippen LogP contribution in [0.2, 0.25) is 0 Å².